The second-order valence-corrected chi connectivity index (χ2v) is 7.00. The highest BCUT2D eigenvalue weighted by Gasteiger charge is 2.41. The van der Waals surface area contributed by atoms with E-state index in [-0.39, 0.29) is 5.91 Å². The molecule has 0 aromatic heterocycles. The van der Waals surface area contributed by atoms with Crippen LogP contribution in [0.1, 0.15) is 41.6 Å². The van der Waals surface area contributed by atoms with Gasteiger partial charge in [-0.05, 0) is 61.6 Å². The summed E-state index contributed by atoms with van der Waals surface area (Å²) >= 11 is 0. The second-order valence-electron chi connectivity index (χ2n) is 7.00. The molecule has 2 saturated carbocycles. The molecule has 4 rings (SSSR count). The van der Waals surface area contributed by atoms with Gasteiger partial charge in [0, 0.05) is 30.9 Å². The Morgan fingerprint density at radius 3 is 2.68 bits per heavy atom. The van der Waals surface area contributed by atoms with E-state index >= 15 is 0 Å². The van der Waals surface area contributed by atoms with E-state index in [2.05, 4.69) is 16.7 Å². The molecule has 0 spiro atoms. The molecular formula is C18H24N2O2. The molecule has 4 heteroatoms. The molecule has 4 nitrogen and oxygen atoms in total. The molecule has 0 bridgehead atoms. The van der Waals surface area contributed by atoms with Gasteiger partial charge in [-0.1, -0.05) is 6.07 Å². The Morgan fingerprint density at radius 1 is 1.18 bits per heavy atom. The van der Waals surface area contributed by atoms with Crippen LogP contribution in [0.3, 0.4) is 0 Å². The maximum absolute atomic E-state index is 12.0. The first-order chi connectivity index (χ1) is 10.7. The van der Waals surface area contributed by atoms with Crippen molar-refractivity contribution in [3.05, 3.63) is 29.3 Å². The molecule has 3 aliphatic rings. The summed E-state index contributed by atoms with van der Waals surface area (Å²) in [5.74, 6) is 1.69. The van der Waals surface area contributed by atoms with Crippen LogP contribution in [0.25, 0.3) is 0 Å². The smallest absolute Gasteiger partial charge is 0.251 e. The van der Waals surface area contributed by atoms with Crippen LogP contribution in [-0.2, 0) is 11.2 Å². The topological polar surface area (TPSA) is 50.4 Å². The van der Waals surface area contributed by atoms with Gasteiger partial charge >= 0.3 is 0 Å². The van der Waals surface area contributed by atoms with Crippen molar-refractivity contribution in [3.8, 4) is 0 Å². The van der Waals surface area contributed by atoms with Gasteiger partial charge in [-0.25, -0.2) is 0 Å². The Hall–Kier alpha value is -1.55. The number of hydrogen-bond acceptors (Lipinski definition) is 3. The fourth-order valence-corrected chi connectivity index (χ4v) is 4.69. The molecule has 4 atom stereocenters. The predicted molar refractivity (Wildman–Crippen MR) is 86.1 cm³/mol. The van der Waals surface area contributed by atoms with Crippen molar-refractivity contribution in [2.24, 2.45) is 11.8 Å². The number of methoxy groups -OCH3 is 1. The standard InChI is InChI=1S/C18H24N2O2/c1-22-14-9-11-7-13(8-12(11)10-14)20-17-4-2-3-16-15(17)5-6-19-18(16)21/h2-4,11-14,20H,5-10H2,1H3,(H,19,21)/t11-,12+,13?,14?. The number of benzene rings is 1. The van der Waals surface area contributed by atoms with Gasteiger partial charge in [0.05, 0.1) is 6.10 Å². The summed E-state index contributed by atoms with van der Waals surface area (Å²) in [5.41, 5.74) is 3.20. The number of hydrogen-bond donors (Lipinski definition) is 2. The summed E-state index contributed by atoms with van der Waals surface area (Å²) < 4.78 is 5.52. The third kappa shape index (κ3) is 2.39. The summed E-state index contributed by atoms with van der Waals surface area (Å²) in [5, 5.41) is 6.65. The molecule has 118 valence electrons. The molecule has 2 aliphatic carbocycles. The minimum absolute atomic E-state index is 0.0659. The molecule has 2 N–H and O–H groups in total. The Labute approximate surface area is 131 Å². The average Bonchev–Trinajstić information content (AvgIpc) is 3.06. The van der Waals surface area contributed by atoms with Gasteiger partial charge < -0.3 is 15.4 Å². The van der Waals surface area contributed by atoms with Crippen LogP contribution in [0.5, 0.6) is 0 Å². The molecule has 1 heterocycles. The van der Waals surface area contributed by atoms with E-state index in [0.29, 0.717) is 12.1 Å². The lowest BCUT2D eigenvalue weighted by atomic mass is 9.97. The van der Waals surface area contributed by atoms with Gasteiger partial charge in [-0.15, -0.1) is 0 Å². The van der Waals surface area contributed by atoms with E-state index in [0.717, 1.165) is 30.4 Å². The minimum atomic E-state index is 0.0659. The van der Waals surface area contributed by atoms with Crippen LogP contribution in [0, 0.1) is 11.8 Å². The molecule has 2 unspecified atom stereocenters. The fourth-order valence-electron chi connectivity index (χ4n) is 4.69. The van der Waals surface area contributed by atoms with Crippen LogP contribution in [0.4, 0.5) is 5.69 Å². The molecule has 1 amide bonds. The van der Waals surface area contributed by atoms with Gasteiger partial charge in [-0.2, -0.15) is 0 Å². The number of ether oxygens (including phenoxy) is 1. The third-order valence-corrected chi connectivity index (χ3v) is 5.75. The molecule has 1 aromatic carbocycles. The molecule has 22 heavy (non-hydrogen) atoms. The lowest BCUT2D eigenvalue weighted by Crippen LogP contribution is -2.32. The van der Waals surface area contributed by atoms with Crippen molar-refractivity contribution in [3.63, 3.8) is 0 Å². The van der Waals surface area contributed by atoms with Gasteiger partial charge in [0.1, 0.15) is 0 Å². The summed E-state index contributed by atoms with van der Waals surface area (Å²) in [6, 6.07) is 6.60. The minimum Gasteiger partial charge on any atom is -0.382 e. The van der Waals surface area contributed by atoms with E-state index in [9.17, 15) is 4.79 Å². The van der Waals surface area contributed by atoms with Crippen molar-refractivity contribution in [1.82, 2.24) is 5.32 Å². The molecule has 2 fully saturated rings. The summed E-state index contributed by atoms with van der Waals surface area (Å²) in [6.07, 6.45) is 6.31. The average molecular weight is 300 g/mol. The maximum Gasteiger partial charge on any atom is 0.251 e. The van der Waals surface area contributed by atoms with E-state index < -0.39 is 0 Å². The van der Waals surface area contributed by atoms with Crippen LogP contribution in [-0.4, -0.2) is 31.7 Å². The zero-order valence-corrected chi connectivity index (χ0v) is 13.1. The SMILES string of the molecule is COC1C[C@H]2CC(Nc3cccc4c3CCNC4=O)C[C@H]2C1. The molecule has 1 aromatic rings. The number of carbonyl (C=O) groups excluding carboxylic acids is 1. The number of amides is 1. The Kier molecular flexibility index (Phi) is 3.57. The van der Waals surface area contributed by atoms with E-state index in [1.807, 2.05) is 19.2 Å². The predicted octanol–water partition coefficient (Wildman–Crippen LogP) is 2.59. The highest BCUT2D eigenvalue weighted by molar-refractivity contribution is 5.98. The lowest BCUT2D eigenvalue weighted by molar-refractivity contribution is 0.0946. The number of carbonyl (C=O) groups is 1. The zero-order chi connectivity index (χ0) is 15.1. The van der Waals surface area contributed by atoms with Crippen LogP contribution in [0.15, 0.2) is 18.2 Å². The summed E-state index contributed by atoms with van der Waals surface area (Å²) in [6.45, 7) is 0.746. The summed E-state index contributed by atoms with van der Waals surface area (Å²) in [7, 11) is 1.84. The van der Waals surface area contributed by atoms with Crippen molar-refractivity contribution in [2.75, 3.05) is 19.0 Å². The number of nitrogens with one attached hydrogen (secondary N) is 2. The molecule has 0 radical (unpaired) electrons. The van der Waals surface area contributed by atoms with E-state index in [4.69, 9.17) is 4.74 Å². The van der Waals surface area contributed by atoms with Crippen LogP contribution in [0.2, 0.25) is 0 Å². The number of rotatable bonds is 3. The maximum atomic E-state index is 12.0. The van der Waals surface area contributed by atoms with Crippen molar-refractivity contribution in [1.29, 1.82) is 0 Å². The molecular weight excluding hydrogens is 276 g/mol. The Balaban J connectivity index is 1.47. The first-order valence-corrected chi connectivity index (χ1v) is 8.44. The van der Waals surface area contributed by atoms with Crippen LogP contribution >= 0.6 is 0 Å². The van der Waals surface area contributed by atoms with Gasteiger partial charge in [0.15, 0.2) is 0 Å². The first kappa shape index (κ1) is 14.1. The first-order valence-electron chi connectivity index (χ1n) is 8.44. The summed E-state index contributed by atoms with van der Waals surface area (Å²) in [4.78, 5) is 12.0. The highest BCUT2D eigenvalue weighted by Crippen LogP contribution is 2.46. The number of anilines is 1. The van der Waals surface area contributed by atoms with Crippen molar-refractivity contribution < 1.29 is 9.53 Å². The highest BCUT2D eigenvalue weighted by atomic mass is 16.5. The second kappa shape index (κ2) is 5.58. The largest absolute Gasteiger partial charge is 0.382 e. The Morgan fingerprint density at radius 2 is 1.95 bits per heavy atom. The van der Waals surface area contributed by atoms with Gasteiger partial charge in [-0.3, -0.25) is 4.79 Å². The zero-order valence-electron chi connectivity index (χ0n) is 13.1. The number of fused-ring (bicyclic) bond motifs is 2. The quantitative estimate of drug-likeness (QED) is 0.902. The van der Waals surface area contributed by atoms with Gasteiger partial charge in [0.25, 0.3) is 5.91 Å². The normalized spacial score (nSPS) is 33.2. The molecule has 0 saturated heterocycles. The third-order valence-electron chi connectivity index (χ3n) is 5.75. The van der Waals surface area contributed by atoms with Crippen LogP contribution < -0.4 is 10.6 Å². The van der Waals surface area contributed by atoms with Crippen molar-refractivity contribution in [2.45, 2.75) is 44.2 Å². The van der Waals surface area contributed by atoms with Crippen molar-refractivity contribution >= 4 is 11.6 Å². The van der Waals surface area contributed by atoms with Gasteiger partial charge in [0.2, 0.25) is 0 Å². The lowest BCUT2D eigenvalue weighted by Gasteiger charge is -2.23. The van der Waals surface area contributed by atoms with E-state index in [1.54, 1.807) is 0 Å². The Bertz CT molecular complexity index is 572. The monoisotopic (exact) mass is 300 g/mol. The van der Waals surface area contributed by atoms with E-state index in [1.165, 1.54) is 36.9 Å². The molecule has 1 aliphatic heterocycles. The fraction of sp³-hybridized carbons (Fsp3) is 0.611.